The number of aromatic hydroxyl groups is 1. The van der Waals surface area contributed by atoms with Crippen LogP contribution in [0.15, 0.2) is 33.2 Å². The van der Waals surface area contributed by atoms with Crippen LogP contribution in [0.4, 0.5) is 0 Å². The van der Waals surface area contributed by atoms with Crippen molar-refractivity contribution >= 4 is 37.8 Å². The number of esters is 1. The summed E-state index contributed by atoms with van der Waals surface area (Å²) in [6, 6.07) is 7.25. The van der Waals surface area contributed by atoms with E-state index in [9.17, 15) is 9.90 Å². The molecule has 1 unspecified atom stereocenters. The third-order valence-corrected chi connectivity index (χ3v) is 6.31. The molecule has 1 aliphatic rings. The molecule has 0 fully saturated rings. The summed E-state index contributed by atoms with van der Waals surface area (Å²) in [5.74, 6) is 1.64. The van der Waals surface area contributed by atoms with Gasteiger partial charge in [0.05, 0.1) is 8.95 Å². The van der Waals surface area contributed by atoms with E-state index in [-0.39, 0.29) is 23.7 Å². The van der Waals surface area contributed by atoms with Crippen LogP contribution in [-0.4, -0.2) is 11.1 Å². The van der Waals surface area contributed by atoms with Crippen molar-refractivity contribution in [3.8, 4) is 17.2 Å². The Morgan fingerprint density at radius 3 is 2.71 bits per heavy atom. The summed E-state index contributed by atoms with van der Waals surface area (Å²) in [6.07, 6.45) is 2.60. The van der Waals surface area contributed by atoms with E-state index in [0.717, 1.165) is 44.9 Å². The molecule has 0 radical (unpaired) electrons. The molecule has 4 nitrogen and oxygen atoms in total. The zero-order valence-electron chi connectivity index (χ0n) is 16.2. The number of carbonyl (C=O) groups excluding carboxylic acids is 1. The van der Waals surface area contributed by atoms with Crippen molar-refractivity contribution in [2.45, 2.75) is 58.5 Å². The Bertz CT molecular complexity index is 893. The molecular formula is C22H24Br2O4. The van der Waals surface area contributed by atoms with Crippen LogP contribution >= 0.6 is 31.9 Å². The highest BCUT2D eigenvalue weighted by molar-refractivity contribution is 9.11. The third-order valence-electron chi connectivity index (χ3n) is 4.88. The van der Waals surface area contributed by atoms with Crippen molar-refractivity contribution in [2.75, 3.05) is 0 Å². The van der Waals surface area contributed by atoms with Gasteiger partial charge in [0.25, 0.3) is 0 Å². The summed E-state index contributed by atoms with van der Waals surface area (Å²) in [4.78, 5) is 11.9. The molecule has 6 heteroatoms. The number of fused-ring (bicyclic) bond motifs is 1. The van der Waals surface area contributed by atoms with Crippen LogP contribution in [0.5, 0.6) is 17.2 Å². The van der Waals surface area contributed by atoms with Crippen molar-refractivity contribution in [1.82, 2.24) is 0 Å². The smallest absolute Gasteiger partial charge is 0.306 e. The Morgan fingerprint density at radius 2 is 2.04 bits per heavy atom. The molecule has 0 aliphatic heterocycles. The fourth-order valence-corrected chi connectivity index (χ4v) is 4.96. The van der Waals surface area contributed by atoms with E-state index < -0.39 is 0 Å². The molecular weight excluding hydrogens is 488 g/mol. The van der Waals surface area contributed by atoms with Gasteiger partial charge in [0, 0.05) is 12.0 Å². The fraction of sp³-hybridized carbons (Fsp3) is 0.409. The Kier molecular flexibility index (Phi) is 6.71. The van der Waals surface area contributed by atoms with Gasteiger partial charge in [0.15, 0.2) is 5.75 Å². The Balaban J connectivity index is 1.89. The van der Waals surface area contributed by atoms with Crippen molar-refractivity contribution in [2.24, 2.45) is 0 Å². The van der Waals surface area contributed by atoms with Gasteiger partial charge in [-0.2, -0.15) is 0 Å². The molecule has 0 aromatic heterocycles. The molecule has 0 saturated carbocycles. The summed E-state index contributed by atoms with van der Waals surface area (Å²) in [5, 5.41) is 10.0. The van der Waals surface area contributed by atoms with Crippen molar-refractivity contribution in [3.05, 3.63) is 49.9 Å². The molecule has 0 heterocycles. The van der Waals surface area contributed by atoms with Gasteiger partial charge < -0.3 is 14.6 Å². The topological polar surface area (TPSA) is 55.8 Å². The average Bonchev–Trinajstić information content (AvgIpc) is 3.02. The number of rotatable bonds is 6. The molecule has 1 N–H and O–H groups in total. The van der Waals surface area contributed by atoms with Crippen molar-refractivity contribution < 1.29 is 19.4 Å². The molecule has 1 aliphatic carbocycles. The van der Waals surface area contributed by atoms with Crippen LogP contribution < -0.4 is 4.74 Å². The Morgan fingerprint density at radius 1 is 1.29 bits per heavy atom. The van der Waals surface area contributed by atoms with E-state index in [2.05, 4.69) is 31.9 Å². The van der Waals surface area contributed by atoms with Gasteiger partial charge in [0.2, 0.25) is 0 Å². The maximum absolute atomic E-state index is 11.9. The molecule has 0 spiro atoms. The zero-order valence-corrected chi connectivity index (χ0v) is 19.4. The minimum absolute atomic E-state index is 0.154. The predicted octanol–water partition coefficient (Wildman–Crippen LogP) is 7.16. The Labute approximate surface area is 182 Å². The van der Waals surface area contributed by atoms with Gasteiger partial charge >= 0.3 is 5.97 Å². The van der Waals surface area contributed by atoms with Gasteiger partial charge in [-0.3, -0.25) is 4.79 Å². The lowest BCUT2D eigenvalue weighted by Gasteiger charge is -2.17. The van der Waals surface area contributed by atoms with Crippen molar-refractivity contribution in [3.63, 3.8) is 0 Å². The maximum Gasteiger partial charge on any atom is 0.306 e. The van der Waals surface area contributed by atoms with E-state index in [1.54, 1.807) is 12.1 Å². The number of phenols is 1. The zero-order chi connectivity index (χ0) is 20.4. The van der Waals surface area contributed by atoms with E-state index in [1.165, 1.54) is 0 Å². The lowest BCUT2D eigenvalue weighted by Crippen LogP contribution is -2.08. The first-order valence-corrected chi connectivity index (χ1v) is 11.1. The first-order chi connectivity index (χ1) is 13.3. The van der Waals surface area contributed by atoms with Crippen LogP contribution in [0.3, 0.4) is 0 Å². The van der Waals surface area contributed by atoms with Crippen LogP contribution in [0.25, 0.3) is 0 Å². The number of carbonyl (C=O) groups is 1. The second-order valence-corrected chi connectivity index (χ2v) is 8.96. The van der Waals surface area contributed by atoms with Gasteiger partial charge in [0.1, 0.15) is 17.6 Å². The van der Waals surface area contributed by atoms with Crippen LogP contribution in [0.2, 0.25) is 0 Å². The predicted molar refractivity (Wildman–Crippen MR) is 116 cm³/mol. The maximum atomic E-state index is 11.9. The molecule has 0 saturated heterocycles. The minimum atomic E-state index is -0.211. The SMILES string of the molecule is CCCC(=O)OC1CCc2c1cc(Br)c(Oc1ccc(O)c(C(C)C)c1)c2Br. The molecule has 150 valence electrons. The highest BCUT2D eigenvalue weighted by Gasteiger charge is 2.30. The van der Waals surface area contributed by atoms with Crippen molar-refractivity contribution in [1.29, 1.82) is 0 Å². The fourth-order valence-electron chi connectivity index (χ4n) is 3.44. The second-order valence-electron chi connectivity index (χ2n) is 7.31. The molecule has 1 atom stereocenters. The van der Waals surface area contributed by atoms with Crippen LogP contribution in [-0.2, 0) is 16.0 Å². The van der Waals surface area contributed by atoms with Gasteiger partial charge in [-0.25, -0.2) is 0 Å². The van der Waals surface area contributed by atoms with E-state index in [0.29, 0.717) is 17.9 Å². The van der Waals surface area contributed by atoms with Crippen LogP contribution in [0.1, 0.15) is 68.7 Å². The standard InChI is InChI=1S/C22H24Br2O4/c1-4-5-20(26)28-19-9-7-14-16(19)11-17(23)22(21(14)24)27-13-6-8-18(25)15(10-13)12(2)3/h6,8,10-12,19,25H,4-5,7,9H2,1-3H3. The number of hydrogen-bond donors (Lipinski definition) is 1. The number of benzene rings is 2. The number of halogens is 2. The molecule has 28 heavy (non-hydrogen) atoms. The normalized spacial score (nSPS) is 15.6. The summed E-state index contributed by atoms with van der Waals surface area (Å²) < 4.78 is 13.5. The molecule has 2 aromatic carbocycles. The van der Waals surface area contributed by atoms with Gasteiger partial charge in [-0.15, -0.1) is 0 Å². The average molecular weight is 512 g/mol. The summed E-state index contributed by atoms with van der Waals surface area (Å²) in [6.45, 7) is 6.02. The first-order valence-electron chi connectivity index (χ1n) is 9.52. The Hall–Kier alpha value is -1.53. The lowest BCUT2D eigenvalue weighted by atomic mass is 10.0. The number of hydrogen-bond acceptors (Lipinski definition) is 4. The summed E-state index contributed by atoms with van der Waals surface area (Å²) >= 11 is 7.28. The highest BCUT2D eigenvalue weighted by atomic mass is 79.9. The van der Waals surface area contributed by atoms with Crippen LogP contribution in [0, 0.1) is 0 Å². The largest absolute Gasteiger partial charge is 0.508 e. The minimum Gasteiger partial charge on any atom is -0.508 e. The molecule has 0 bridgehead atoms. The monoisotopic (exact) mass is 510 g/mol. The second kappa shape index (κ2) is 8.87. The van der Waals surface area contributed by atoms with E-state index >= 15 is 0 Å². The summed E-state index contributed by atoms with van der Waals surface area (Å²) in [5.41, 5.74) is 2.97. The number of phenolic OH excluding ortho intramolecular Hbond substituents is 1. The molecule has 3 rings (SSSR count). The van der Waals surface area contributed by atoms with E-state index in [1.807, 2.05) is 32.9 Å². The molecule has 0 amide bonds. The molecule has 2 aromatic rings. The first kappa shape index (κ1) is 21.2. The highest BCUT2D eigenvalue weighted by Crippen LogP contribution is 2.47. The van der Waals surface area contributed by atoms with Gasteiger partial charge in [-0.1, -0.05) is 20.8 Å². The lowest BCUT2D eigenvalue weighted by molar-refractivity contribution is -0.149. The van der Waals surface area contributed by atoms with Gasteiger partial charge in [-0.05, 0) is 92.4 Å². The number of ether oxygens (including phenoxy) is 2. The van der Waals surface area contributed by atoms with E-state index in [4.69, 9.17) is 9.47 Å². The quantitative estimate of drug-likeness (QED) is 0.418. The third kappa shape index (κ3) is 4.38. The summed E-state index contributed by atoms with van der Waals surface area (Å²) in [7, 11) is 0.